The summed E-state index contributed by atoms with van der Waals surface area (Å²) in [4.78, 5) is 1.32. The zero-order chi connectivity index (χ0) is 10.6. The summed E-state index contributed by atoms with van der Waals surface area (Å²) >= 11 is 7.54. The van der Waals surface area contributed by atoms with E-state index in [0.29, 0.717) is 6.04 Å². The SMILES string of the molecule is CC(C)CCNC(C)c1ccc(Cl)s1. The van der Waals surface area contributed by atoms with Crippen LogP contribution in [0.1, 0.15) is 38.1 Å². The topological polar surface area (TPSA) is 12.0 Å². The first kappa shape index (κ1) is 12.0. The molecule has 0 spiro atoms. The van der Waals surface area contributed by atoms with Gasteiger partial charge in [0.05, 0.1) is 4.34 Å². The third-order valence-electron chi connectivity index (χ3n) is 2.19. The highest BCUT2D eigenvalue weighted by molar-refractivity contribution is 7.16. The molecule has 0 aliphatic heterocycles. The Kier molecular flexibility index (Phi) is 4.93. The highest BCUT2D eigenvalue weighted by atomic mass is 35.5. The third kappa shape index (κ3) is 3.99. The van der Waals surface area contributed by atoms with Crippen molar-refractivity contribution in [1.82, 2.24) is 5.32 Å². The summed E-state index contributed by atoms with van der Waals surface area (Å²) in [7, 11) is 0. The maximum atomic E-state index is 5.88. The molecule has 80 valence electrons. The highest BCUT2D eigenvalue weighted by Crippen LogP contribution is 2.26. The van der Waals surface area contributed by atoms with Gasteiger partial charge in [-0.25, -0.2) is 0 Å². The van der Waals surface area contributed by atoms with E-state index in [0.717, 1.165) is 16.8 Å². The fourth-order valence-electron chi connectivity index (χ4n) is 1.25. The Labute approximate surface area is 95.5 Å². The predicted octanol–water partition coefficient (Wildman–Crippen LogP) is 4.10. The monoisotopic (exact) mass is 231 g/mol. The molecule has 0 saturated heterocycles. The van der Waals surface area contributed by atoms with Gasteiger partial charge in [0.15, 0.2) is 0 Å². The first-order valence-corrected chi connectivity index (χ1v) is 6.27. The largest absolute Gasteiger partial charge is 0.309 e. The second-order valence-corrected chi connectivity index (χ2v) is 5.75. The predicted molar refractivity (Wildman–Crippen MR) is 65.2 cm³/mol. The summed E-state index contributed by atoms with van der Waals surface area (Å²) in [6.07, 6.45) is 1.23. The molecule has 0 bridgehead atoms. The molecule has 1 N–H and O–H groups in total. The molecule has 0 fully saturated rings. The van der Waals surface area contributed by atoms with Crippen LogP contribution in [0.3, 0.4) is 0 Å². The lowest BCUT2D eigenvalue weighted by molar-refractivity contribution is 0.500. The van der Waals surface area contributed by atoms with Crippen molar-refractivity contribution in [2.75, 3.05) is 6.54 Å². The molecular weight excluding hydrogens is 214 g/mol. The van der Waals surface area contributed by atoms with Crippen LogP contribution in [0.5, 0.6) is 0 Å². The van der Waals surface area contributed by atoms with E-state index in [2.05, 4.69) is 32.2 Å². The van der Waals surface area contributed by atoms with Crippen LogP contribution in [0, 0.1) is 5.92 Å². The van der Waals surface area contributed by atoms with Gasteiger partial charge in [-0.2, -0.15) is 0 Å². The molecule has 1 atom stereocenters. The summed E-state index contributed by atoms with van der Waals surface area (Å²) in [6.45, 7) is 7.75. The van der Waals surface area contributed by atoms with Crippen molar-refractivity contribution in [3.8, 4) is 0 Å². The van der Waals surface area contributed by atoms with Crippen molar-refractivity contribution in [3.63, 3.8) is 0 Å². The molecule has 1 aromatic rings. The van der Waals surface area contributed by atoms with Gasteiger partial charge in [-0.3, -0.25) is 0 Å². The molecule has 1 heterocycles. The van der Waals surface area contributed by atoms with Gasteiger partial charge < -0.3 is 5.32 Å². The maximum absolute atomic E-state index is 5.88. The third-order valence-corrected chi connectivity index (χ3v) is 3.61. The first-order chi connectivity index (χ1) is 6.59. The Balaban J connectivity index is 2.32. The second-order valence-electron chi connectivity index (χ2n) is 4.00. The lowest BCUT2D eigenvalue weighted by Gasteiger charge is -2.12. The normalized spacial score (nSPS) is 13.5. The van der Waals surface area contributed by atoms with Crippen LogP contribution in [0.15, 0.2) is 12.1 Å². The maximum Gasteiger partial charge on any atom is 0.0931 e. The van der Waals surface area contributed by atoms with Crippen LogP contribution in [0.4, 0.5) is 0 Å². The Morgan fingerprint density at radius 2 is 2.07 bits per heavy atom. The zero-order valence-corrected chi connectivity index (χ0v) is 10.6. The molecule has 0 radical (unpaired) electrons. The van der Waals surface area contributed by atoms with E-state index >= 15 is 0 Å². The average molecular weight is 232 g/mol. The van der Waals surface area contributed by atoms with Crippen LogP contribution >= 0.6 is 22.9 Å². The van der Waals surface area contributed by atoms with Crippen LogP contribution in [0.25, 0.3) is 0 Å². The van der Waals surface area contributed by atoms with Gasteiger partial charge in [-0.05, 0) is 37.9 Å². The number of nitrogens with one attached hydrogen (secondary N) is 1. The van der Waals surface area contributed by atoms with Gasteiger partial charge in [0, 0.05) is 10.9 Å². The van der Waals surface area contributed by atoms with E-state index in [1.807, 2.05) is 6.07 Å². The van der Waals surface area contributed by atoms with Gasteiger partial charge in [0.25, 0.3) is 0 Å². The summed E-state index contributed by atoms with van der Waals surface area (Å²) in [5, 5.41) is 3.50. The van der Waals surface area contributed by atoms with Gasteiger partial charge in [-0.1, -0.05) is 25.4 Å². The van der Waals surface area contributed by atoms with Crippen LogP contribution < -0.4 is 5.32 Å². The molecular formula is C11H18ClNS. The van der Waals surface area contributed by atoms with E-state index in [1.54, 1.807) is 11.3 Å². The molecule has 0 aliphatic carbocycles. The zero-order valence-electron chi connectivity index (χ0n) is 9.01. The van der Waals surface area contributed by atoms with Gasteiger partial charge in [0.1, 0.15) is 0 Å². The second kappa shape index (κ2) is 5.74. The summed E-state index contributed by atoms with van der Waals surface area (Å²) < 4.78 is 0.873. The van der Waals surface area contributed by atoms with Crippen molar-refractivity contribution in [2.24, 2.45) is 5.92 Å². The smallest absolute Gasteiger partial charge is 0.0931 e. The number of rotatable bonds is 5. The minimum Gasteiger partial charge on any atom is -0.309 e. The van der Waals surface area contributed by atoms with Gasteiger partial charge in [0.2, 0.25) is 0 Å². The van der Waals surface area contributed by atoms with E-state index in [1.165, 1.54) is 11.3 Å². The van der Waals surface area contributed by atoms with Crippen LogP contribution in [-0.2, 0) is 0 Å². The molecule has 1 aromatic heterocycles. The summed E-state index contributed by atoms with van der Waals surface area (Å²) in [5.74, 6) is 0.765. The first-order valence-electron chi connectivity index (χ1n) is 5.08. The summed E-state index contributed by atoms with van der Waals surface area (Å²) in [6, 6.07) is 4.48. The number of hydrogen-bond acceptors (Lipinski definition) is 2. The van der Waals surface area contributed by atoms with Gasteiger partial charge >= 0.3 is 0 Å². The van der Waals surface area contributed by atoms with E-state index in [-0.39, 0.29) is 0 Å². The fourth-order valence-corrected chi connectivity index (χ4v) is 2.34. The Hall–Kier alpha value is -0.0500. The number of hydrogen-bond donors (Lipinski definition) is 1. The molecule has 1 unspecified atom stereocenters. The highest BCUT2D eigenvalue weighted by Gasteiger charge is 2.07. The molecule has 1 rings (SSSR count). The molecule has 1 nitrogen and oxygen atoms in total. The van der Waals surface area contributed by atoms with E-state index in [4.69, 9.17) is 11.6 Å². The quantitative estimate of drug-likeness (QED) is 0.805. The molecule has 0 amide bonds. The Morgan fingerprint density at radius 1 is 1.36 bits per heavy atom. The average Bonchev–Trinajstić information content (AvgIpc) is 2.51. The molecule has 3 heteroatoms. The number of halogens is 1. The van der Waals surface area contributed by atoms with Crippen molar-refractivity contribution in [1.29, 1.82) is 0 Å². The molecule has 0 saturated carbocycles. The Morgan fingerprint density at radius 3 is 2.57 bits per heavy atom. The van der Waals surface area contributed by atoms with E-state index < -0.39 is 0 Å². The van der Waals surface area contributed by atoms with Crippen LogP contribution in [0.2, 0.25) is 4.34 Å². The standard InChI is InChI=1S/C11H18ClNS/c1-8(2)6-7-13-9(3)10-4-5-11(12)14-10/h4-5,8-9,13H,6-7H2,1-3H3. The fraction of sp³-hybridized carbons (Fsp3) is 0.636. The van der Waals surface area contributed by atoms with Crippen molar-refractivity contribution in [3.05, 3.63) is 21.3 Å². The molecule has 0 aliphatic rings. The van der Waals surface area contributed by atoms with Crippen molar-refractivity contribution in [2.45, 2.75) is 33.2 Å². The minimum atomic E-state index is 0.422. The Bertz CT molecular complexity index is 270. The minimum absolute atomic E-state index is 0.422. The summed E-state index contributed by atoms with van der Waals surface area (Å²) in [5.41, 5.74) is 0. The van der Waals surface area contributed by atoms with Crippen LogP contribution in [-0.4, -0.2) is 6.54 Å². The lowest BCUT2D eigenvalue weighted by atomic mass is 10.1. The molecule has 0 aromatic carbocycles. The van der Waals surface area contributed by atoms with Crippen molar-refractivity contribution < 1.29 is 0 Å². The lowest BCUT2D eigenvalue weighted by Crippen LogP contribution is -2.20. The molecule has 14 heavy (non-hydrogen) atoms. The number of thiophene rings is 1. The van der Waals surface area contributed by atoms with E-state index in [9.17, 15) is 0 Å². The van der Waals surface area contributed by atoms with Crippen molar-refractivity contribution >= 4 is 22.9 Å². The van der Waals surface area contributed by atoms with Gasteiger partial charge in [-0.15, -0.1) is 11.3 Å².